The number of nitrogens with zero attached hydrogens (tertiary/aromatic N) is 1. The van der Waals surface area contributed by atoms with Crippen LogP contribution in [0, 0.1) is 0 Å². The van der Waals surface area contributed by atoms with Crippen LogP contribution < -0.4 is 10.6 Å². The molecule has 0 unspecified atom stereocenters. The van der Waals surface area contributed by atoms with Gasteiger partial charge in [-0.3, -0.25) is 24.1 Å². The van der Waals surface area contributed by atoms with Crippen molar-refractivity contribution < 1.29 is 19.2 Å². The molecule has 0 saturated carbocycles. The van der Waals surface area contributed by atoms with Crippen LogP contribution in [0.3, 0.4) is 0 Å². The van der Waals surface area contributed by atoms with Crippen LogP contribution in [0.2, 0.25) is 0 Å². The van der Waals surface area contributed by atoms with Crippen LogP contribution >= 0.6 is 11.8 Å². The van der Waals surface area contributed by atoms with Gasteiger partial charge in [-0.25, -0.2) is 0 Å². The van der Waals surface area contributed by atoms with E-state index in [1.165, 1.54) is 0 Å². The fourth-order valence-corrected chi connectivity index (χ4v) is 4.01. The molecule has 2 aromatic carbocycles. The molecule has 172 valence electrons. The Morgan fingerprint density at radius 2 is 1.64 bits per heavy atom. The van der Waals surface area contributed by atoms with E-state index in [1.807, 2.05) is 42.5 Å². The zero-order chi connectivity index (χ0) is 24.0. The van der Waals surface area contributed by atoms with Crippen LogP contribution in [-0.2, 0) is 15.0 Å². The summed E-state index contributed by atoms with van der Waals surface area (Å²) in [6, 6.07) is 16.5. The topological polar surface area (TPSA) is 95.6 Å². The SMILES string of the molecule is CC(C)(C)c1ccc(C(=O)NCC(=O)NCCN2C(=O)S/C(=C/c3ccccc3)C2=O)cc1. The van der Waals surface area contributed by atoms with Gasteiger partial charge >= 0.3 is 0 Å². The van der Waals surface area contributed by atoms with E-state index in [2.05, 4.69) is 31.4 Å². The van der Waals surface area contributed by atoms with Crippen LogP contribution in [0.4, 0.5) is 4.79 Å². The van der Waals surface area contributed by atoms with Gasteiger partial charge in [-0.15, -0.1) is 0 Å². The van der Waals surface area contributed by atoms with E-state index in [1.54, 1.807) is 18.2 Å². The lowest BCUT2D eigenvalue weighted by molar-refractivity contribution is -0.124. The predicted molar refractivity (Wildman–Crippen MR) is 130 cm³/mol. The predicted octanol–water partition coefficient (Wildman–Crippen LogP) is 3.57. The highest BCUT2D eigenvalue weighted by molar-refractivity contribution is 8.18. The molecule has 0 aromatic heterocycles. The molecule has 1 aliphatic heterocycles. The fraction of sp³-hybridized carbons (Fsp3) is 0.280. The van der Waals surface area contributed by atoms with Gasteiger partial charge in [0.1, 0.15) is 0 Å². The molecule has 2 N–H and O–H groups in total. The van der Waals surface area contributed by atoms with Crippen molar-refractivity contribution in [1.29, 1.82) is 0 Å². The third kappa shape index (κ3) is 6.55. The molecule has 3 rings (SSSR count). The maximum Gasteiger partial charge on any atom is 0.293 e. The van der Waals surface area contributed by atoms with Gasteiger partial charge in [0.2, 0.25) is 5.91 Å². The number of thioether (sulfide) groups is 1. The first kappa shape index (κ1) is 24.3. The minimum atomic E-state index is -0.401. The van der Waals surface area contributed by atoms with E-state index in [9.17, 15) is 19.2 Å². The maximum absolute atomic E-state index is 12.5. The van der Waals surface area contributed by atoms with Crippen LogP contribution in [-0.4, -0.2) is 47.5 Å². The molecular weight excluding hydrogens is 438 g/mol. The minimum absolute atomic E-state index is 0.0103. The normalized spacial score (nSPS) is 15.1. The summed E-state index contributed by atoms with van der Waals surface area (Å²) in [6.07, 6.45) is 1.67. The zero-order valence-corrected chi connectivity index (χ0v) is 19.7. The summed E-state index contributed by atoms with van der Waals surface area (Å²) in [4.78, 5) is 50.5. The molecule has 0 bridgehead atoms. The second-order valence-electron chi connectivity index (χ2n) is 8.60. The lowest BCUT2D eigenvalue weighted by Crippen LogP contribution is -2.41. The summed E-state index contributed by atoms with van der Waals surface area (Å²) < 4.78 is 0. The smallest absolute Gasteiger partial charge is 0.293 e. The first-order valence-electron chi connectivity index (χ1n) is 10.6. The Balaban J connectivity index is 1.44. The molecule has 7 nitrogen and oxygen atoms in total. The Bertz CT molecular complexity index is 1070. The number of benzene rings is 2. The molecule has 1 aliphatic rings. The van der Waals surface area contributed by atoms with E-state index in [-0.39, 0.29) is 42.1 Å². The van der Waals surface area contributed by atoms with Gasteiger partial charge in [0.05, 0.1) is 11.4 Å². The molecule has 0 radical (unpaired) electrons. The number of nitrogens with one attached hydrogen (secondary N) is 2. The molecule has 1 saturated heterocycles. The van der Waals surface area contributed by atoms with E-state index >= 15 is 0 Å². The summed E-state index contributed by atoms with van der Waals surface area (Å²) >= 11 is 0.878. The average Bonchev–Trinajstić information content (AvgIpc) is 3.05. The Morgan fingerprint density at radius 1 is 0.970 bits per heavy atom. The molecule has 0 spiro atoms. The van der Waals surface area contributed by atoms with Gasteiger partial charge in [-0.1, -0.05) is 63.2 Å². The highest BCUT2D eigenvalue weighted by Crippen LogP contribution is 2.31. The second kappa shape index (κ2) is 10.5. The number of hydrogen-bond acceptors (Lipinski definition) is 5. The van der Waals surface area contributed by atoms with Crippen molar-refractivity contribution in [2.45, 2.75) is 26.2 Å². The Kier molecular flexibility index (Phi) is 7.71. The molecular formula is C25H27N3O4S. The molecule has 1 fully saturated rings. The van der Waals surface area contributed by atoms with Crippen molar-refractivity contribution >= 4 is 40.8 Å². The lowest BCUT2D eigenvalue weighted by Gasteiger charge is -2.19. The summed E-state index contributed by atoms with van der Waals surface area (Å²) in [5.74, 6) is -1.13. The number of amides is 4. The first-order chi connectivity index (χ1) is 15.6. The van der Waals surface area contributed by atoms with Crippen molar-refractivity contribution in [1.82, 2.24) is 15.5 Å². The minimum Gasteiger partial charge on any atom is -0.353 e. The number of carbonyl (C=O) groups excluding carboxylic acids is 4. The molecule has 0 atom stereocenters. The molecule has 33 heavy (non-hydrogen) atoms. The Labute approximate surface area is 197 Å². The third-order valence-corrected chi connectivity index (χ3v) is 5.96. The second-order valence-corrected chi connectivity index (χ2v) is 9.60. The van der Waals surface area contributed by atoms with Crippen LogP contribution in [0.1, 0.15) is 42.3 Å². The van der Waals surface area contributed by atoms with Crippen molar-refractivity contribution in [2.75, 3.05) is 19.6 Å². The number of carbonyl (C=O) groups is 4. The van der Waals surface area contributed by atoms with Gasteiger partial charge in [-0.05, 0) is 46.5 Å². The Morgan fingerprint density at radius 3 is 2.27 bits per heavy atom. The van der Waals surface area contributed by atoms with Crippen molar-refractivity contribution in [2.24, 2.45) is 0 Å². The summed E-state index contributed by atoms with van der Waals surface area (Å²) in [7, 11) is 0. The van der Waals surface area contributed by atoms with E-state index < -0.39 is 5.91 Å². The molecule has 8 heteroatoms. The van der Waals surface area contributed by atoms with E-state index in [0.29, 0.717) is 10.5 Å². The van der Waals surface area contributed by atoms with Gasteiger partial charge in [-0.2, -0.15) is 0 Å². The van der Waals surface area contributed by atoms with Crippen LogP contribution in [0.5, 0.6) is 0 Å². The van der Waals surface area contributed by atoms with Gasteiger partial charge in [0.15, 0.2) is 0 Å². The maximum atomic E-state index is 12.5. The summed E-state index contributed by atoms with van der Waals surface area (Å²) in [5, 5.41) is 4.83. The fourth-order valence-electron chi connectivity index (χ4n) is 3.15. The molecule has 0 aliphatic carbocycles. The quantitative estimate of drug-likeness (QED) is 0.610. The highest BCUT2D eigenvalue weighted by Gasteiger charge is 2.34. The van der Waals surface area contributed by atoms with Gasteiger partial charge in [0, 0.05) is 18.7 Å². The van der Waals surface area contributed by atoms with Gasteiger partial charge in [0.25, 0.3) is 17.1 Å². The van der Waals surface area contributed by atoms with E-state index in [4.69, 9.17) is 0 Å². The number of imide groups is 1. The van der Waals surface area contributed by atoms with Crippen molar-refractivity contribution in [3.8, 4) is 0 Å². The zero-order valence-electron chi connectivity index (χ0n) is 18.9. The summed E-state index contributed by atoms with van der Waals surface area (Å²) in [5.41, 5.74) is 2.41. The standard InChI is InChI=1S/C25H27N3O4S/c1-25(2,3)19-11-9-18(10-12-19)22(30)27-16-21(29)26-13-14-28-23(31)20(33-24(28)32)15-17-7-5-4-6-8-17/h4-12,15H,13-14,16H2,1-3H3,(H,26,29)(H,27,30)/b20-15+. The van der Waals surface area contributed by atoms with Crippen molar-refractivity contribution in [3.63, 3.8) is 0 Å². The van der Waals surface area contributed by atoms with Crippen molar-refractivity contribution in [3.05, 3.63) is 76.2 Å². The van der Waals surface area contributed by atoms with Crippen LogP contribution in [0.25, 0.3) is 6.08 Å². The Hall–Kier alpha value is -3.39. The van der Waals surface area contributed by atoms with Gasteiger partial charge < -0.3 is 10.6 Å². The molecule has 4 amide bonds. The highest BCUT2D eigenvalue weighted by atomic mass is 32.2. The van der Waals surface area contributed by atoms with Crippen LogP contribution in [0.15, 0.2) is 59.5 Å². The molecule has 1 heterocycles. The number of hydrogen-bond donors (Lipinski definition) is 2. The van der Waals surface area contributed by atoms with E-state index in [0.717, 1.165) is 27.8 Å². The largest absolute Gasteiger partial charge is 0.353 e. The molecule has 2 aromatic rings. The third-order valence-electron chi connectivity index (χ3n) is 5.05. The first-order valence-corrected chi connectivity index (χ1v) is 11.4. The monoisotopic (exact) mass is 465 g/mol. The lowest BCUT2D eigenvalue weighted by atomic mass is 9.87. The average molecular weight is 466 g/mol. The summed E-state index contributed by atoms with van der Waals surface area (Å²) in [6.45, 7) is 6.24. The number of rotatable bonds is 7.